The van der Waals surface area contributed by atoms with Crippen LogP contribution in [-0.4, -0.2) is 22.2 Å². The van der Waals surface area contributed by atoms with Crippen LogP contribution in [-0.2, 0) is 0 Å². The van der Waals surface area contributed by atoms with Crippen molar-refractivity contribution in [1.29, 1.82) is 0 Å². The Bertz CT molecular complexity index is 964. The van der Waals surface area contributed by atoms with Crippen molar-refractivity contribution in [1.82, 2.24) is 9.97 Å². The molecule has 0 bridgehead atoms. The van der Waals surface area contributed by atoms with Gasteiger partial charge in [-0.15, -0.1) is 0 Å². The van der Waals surface area contributed by atoms with E-state index in [1.54, 1.807) is 30.4 Å². The lowest BCUT2D eigenvalue weighted by molar-refractivity contribution is 0.372. The predicted octanol–water partition coefficient (Wildman–Crippen LogP) is 3.57. The van der Waals surface area contributed by atoms with Gasteiger partial charge in [0.2, 0.25) is 0 Å². The summed E-state index contributed by atoms with van der Waals surface area (Å²) in [4.78, 5) is 19.2. The molecule has 0 aliphatic carbocycles. The van der Waals surface area contributed by atoms with E-state index in [0.29, 0.717) is 21.4 Å². The summed E-state index contributed by atoms with van der Waals surface area (Å²) < 4.78 is 5.61. The van der Waals surface area contributed by atoms with Crippen LogP contribution in [0, 0.1) is 0 Å². The third kappa shape index (κ3) is 3.12. The number of halogens is 1. The lowest BCUT2D eigenvalue weighted by atomic mass is 10.1. The van der Waals surface area contributed by atoms with Crippen molar-refractivity contribution in [2.75, 3.05) is 7.11 Å². The first-order valence-electron chi connectivity index (χ1n) is 6.82. The van der Waals surface area contributed by atoms with Crippen molar-refractivity contribution in [2.24, 2.45) is 0 Å². The van der Waals surface area contributed by atoms with Crippen LogP contribution in [0.2, 0.25) is 0 Å². The molecule has 0 fully saturated rings. The highest BCUT2D eigenvalue weighted by Crippen LogP contribution is 2.35. The van der Waals surface area contributed by atoms with Gasteiger partial charge in [-0.2, -0.15) is 0 Å². The molecule has 116 valence electrons. The van der Waals surface area contributed by atoms with E-state index >= 15 is 0 Å². The van der Waals surface area contributed by atoms with E-state index in [-0.39, 0.29) is 11.3 Å². The third-order valence-corrected chi connectivity index (χ3v) is 3.93. The highest BCUT2D eigenvalue weighted by Gasteiger charge is 2.07. The molecule has 0 aliphatic rings. The smallest absolute Gasteiger partial charge is 0.274 e. The van der Waals surface area contributed by atoms with Crippen LogP contribution in [0.3, 0.4) is 0 Å². The number of fused-ring (bicyclic) bond motifs is 1. The normalized spacial score (nSPS) is 11.2. The highest BCUT2D eigenvalue weighted by molar-refractivity contribution is 9.10. The number of para-hydroxylation sites is 2. The highest BCUT2D eigenvalue weighted by atomic mass is 79.9. The number of methoxy groups -OCH3 is 1. The Balaban J connectivity index is 2.02. The summed E-state index contributed by atoms with van der Waals surface area (Å²) in [5.74, 6) is 0.380. The molecule has 0 aliphatic heterocycles. The van der Waals surface area contributed by atoms with E-state index in [0.717, 1.165) is 11.1 Å². The molecule has 5 nitrogen and oxygen atoms in total. The van der Waals surface area contributed by atoms with Gasteiger partial charge < -0.3 is 14.8 Å². The zero-order valence-corrected chi connectivity index (χ0v) is 13.8. The van der Waals surface area contributed by atoms with E-state index in [2.05, 4.69) is 25.9 Å². The number of hydrogen-bond acceptors (Lipinski definition) is 4. The maximum Gasteiger partial charge on any atom is 0.274 e. The number of nitrogens with one attached hydrogen (secondary N) is 1. The molecule has 3 aromatic rings. The lowest BCUT2D eigenvalue weighted by Crippen LogP contribution is -2.11. The van der Waals surface area contributed by atoms with Gasteiger partial charge in [-0.1, -0.05) is 18.2 Å². The fourth-order valence-electron chi connectivity index (χ4n) is 2.18. The second-order valence-corrected chi connectivity index (χ2v) is 5.71. The number of phenolic OH excluding ortho intramolecular Hbond substituents is 1. The SMILES string of the molecule is COc1cc(/C=C/c2nc3ccccc3[nH]c2=O)cc(Br)c1O. The minimum absolute atomic E-state index is 0.0336. The number of rotatable bonds is 3. The number of nitrogens with zero attached hydrogens (tertiary/aromatic N) is 1. The summed E-state index contributed by atoms with van der Waals surface area (Å²) in [5, 5.41) is 9.81. The molecule has 1 heterocycles. The number of phenols is 1. The maximum atomic E-state index is 12.1. The van der Waals surface area contributed by atoms with E-state index in [1.807, 2.05) is 18.2 Å². The standard InChI is InChI=1S/C17H13BrN2O3/c1-23-15-9-10(8-11(18)16(15)21)6-7-14-17(22)20-13-5-3-2-4-12(13)19-14/h2-9,21H,1H3,(H,20,22)/b7-6+. The van der Waals surface area contributed by atoms with E-state index in [9.17, 15) is 9.90 Å². The fraction of sp³-hybridized carbons (Fsp3) is 0.0588. The van der Waals surface area contributed by atoms with Crippen molar-refractivity contribution in [3.05, 3.63) is 62.5 Å². The average molecular weight is 373 g/mol. The first kappa shape index (κ1) is 15.3. The second-order valence-electron chi connectivity index (χ2n) is 4.86. The predicted molar refractivity (Wildman–Crippen MR) is 93.7 cm³/mol. The van der Waals surface area contributed by atoms with Gasteiger partial charge in [0.1, 0.15) is 5.69 Å². The summed E-state index contributed by atoms with van der Waals surface area (Å²) in [6.07, 6.45) is 3.36. The molecular formula is C17H13BrN2O3. The average Bonchev–Trinajstić information content (AvgIpc) is 2.55. The Hall–Kier alpha value is -2.60. The number of aromatic hydroxyl groups is 1. The zero-order chi connectivity index (χ0) is 16.4. The van der Waals surface area contributed by atoms with Crippen LogP contribution in [0.5, 0.6) is 11.5 Å². The van der Waals surface area contributed by atoms with Gasteiger partial charge in [-0.3, -0.25) is 4.79 Å². The molecule has 0 radical (unpaired) electrons. The van der Waals surface area contributed by atoms with Crippen molar-refractivity contribution in [3.63, 3.8) is 0 Å². The molecule has 23 heavy (non-hydrogen) atoms. The Morgan fingerprint density at radius 2 is 2.04 bits per heavy atom. The Morgan fingerprint density at radius 1 is 1.26 bits per heavy atom. The lowest BCUT2D eigenvalue weighted by Gasteiger charge is -2.06. The summed E-state index contributed by atoms with van der Waals surface area (Å²) in [5.41, 5.74) is 2.23. The molecule has 6 heteroatoms. The molecule has 0 amide bonds. The second kappa shape index (κ2) is 6.26. The molecule has 3 rings (SSSR count). The van der Waals surface area contributed by atoms with Crippen LogP contribution in [0.4, 0.5) is 0 Å². The van der Waals surface area contributed by atoms with Crippen molar-refractivity contribution < 1.29 is 9.84 Å². The van der Waals surface area contributed by atoms with Crippen molar-refractivity contribution in [3.8, 4) is 11.5 Å². The minimum atomic E-state index is -0.259. The molecule has 2 N–H and O–H groups in total. The molecule has 0 spiro atoms. The Kier molecular flexibility index (Phi) is 4.16. The number of H-pyrrole nitrogens is 1. The summed E-state index contributed by atoms with van der Waals surface area (Å²) in [7, 11) is 1.48. The number of aromatic amines is 1. The Labute approximate surface area is 140 Å². The molecule has 0 unspecified atom stereocenters. The van der Waals surface area contributed by atoms with Gasteiger partial charge in [0, 0.05) is 0 Å². The number of aromatic nitrogens is 2. The van der Waals surface area contributed by atoms with Crippen LogP contribution < -0.4 is 10.3 Å². The van der Waals surface area contributed by atoms with Crippen LogP contribution in [0.25, 0.3) is 23.2 Å². The molecule has 0 saturated carbocycles. The largest absolute Gasteiger partial charge is 0.503 e. The fourth-order valence-corrected chi connectivity index (χ4v) is 2.64. The number of ether oxygens (including phenoxy) is 1. The van der Waals surface area contributed by atoms with Gasteiger partial charge in [0.25, 0.3) is 5.56 Å². The van der Waals surface area contributed by atoms with Crippen molar-refractivity contribution >= 4 is 39.1 Å². The summed E-state index contributed by atoms with van der Waals surface area (Å²) in [6.45, 7) is 0. The van der Waals surface area contributed by atoms with Crippen LogP contribution in [0.1, 0.15) is 11.3 Å². The van der Waals surface area contributed by atoms with Gasteiger partial charge in [-0.05, 0) is 51.8 Å². The Morgan fingerprint density at radius 3 is 2.83 bits per heavy atom. The molecule has 0 atom stereocenters. The molecule has 2 aromatic carbocycles. The minimum Gasteiger partial charge on any atom is -0.503 e. The first-order chi connectivity index (χ1) is 11.1. The molecule has 1 aromatic heterocycles. The van der Waals surface area contributed by atoms with Gasteiger partial charge in [-0.25, -0.2) is 4.98 Å². The van der Waals surface area contributed by atoms with Gasteiger partial charge >= 0.3 is 0 Å². The summed E-state index contributed by atoms with van der Waals surface area (Å²) in [6, 6.07) is 10.7. The molecule has 0 saturated heterocycles. The van der Waals surface area contributed by atoms with Crippen molar-refractivity contribution in [2.45, 2.75) is 0 Å². The number of hydrogen-bond donors (Lipinski definition) is 2. The van der Waals surface area contributed by atoms with E-state index in [1.165, 1.54) is 7.11 Å². The summed E-state index contributed by atoms with van der Waals surface area (Å²) >= 11 is 3.26. The number of benzene rings is 2. The maximum absolute atomic E-state index is 12.1. The van der Waals surface area contributed by atoms with E-state index < -0.39 is 0 Å². The zero-order valence-electron chi connectivity index (χ0n) is 12.2. The van der Waals surface area contributed by atoms with Gasteiger partial charge in [0.05, 0.1) is 22.6 Å². The van der Waals surface area contributed by atoms with Gasteiger partial charge in [0.15, 0.2) is 11.5 Å². The topological polar surface area (TPSA) is 75.2 Å². The van der Waals surface area contributed by atoms with Crippen LogP contribution in [0.15, 0.2) is 45.7 Å². The third-order valence-electron chi connectivity index (χ3n) is 3.33. The van der Waals surface area contributed by atoms with E-state index in [4.69, 9.17) is 4.74 Å². The monoisotopic (exact) mass is 372 g/mol. The quantitative estimate of drug-likeness (QED) is 0.736. The molecular weight excluding hydrogens is 360 g/mol. The van der Waals surface area contributed by atoms with Crippen LogP contribution >= 0.6 is 15.9 Å². The first-order valence-corrected chi connectivity index (χ1v) is 7.61.